The quantitative estimate of drug-likeness (QED) is 0.310. The summed E-state index contributed by atoms with van der Waals surface area (Å²) in [7, 11) is 1.49. The normalized spacial score (nSPS) is 15.0. The molecular weight excluding hydrogens is 459 g/mol. The molecule has 1 amide bonds. The number of phenols is 1. The minimum absolute atomic E-state index is 0.0158. The fourth-order valence-electron chi connectivity index (χ4n) is 5.05. The number of carbonyl (C=O) groups excluding carboxylic acids is 1. The van der Waals surface area contributed by atoms with Gasteiger partial charge in [-0.2, -0.15) is 5.10 Å². The monoisotopic (exact) mass is 482 g/mol. The molecule has 0 fully saturated rings. The molecule has 180 valence electrons. The molecule has 0 bridgehead atoms. The summed E-state index contributed by atoms with van der Waals surface area (Å²) in [6.45, 7) is 0.458. The maximum atomic E-state index is 13.6. The van der Waals surface area contributed by atoms with Gasteiger partial charge in [0.25, 0.3) is 5.91 Å². The highest BCUT2D eigenvalue weighted by Crippen LogP contribution is 2.44. The minimum Gasteiger partial charge on any atom is -0.504 e. The van der Waals surface area contributed by atoms with Crippen LogP contribution in [0, 0.1) is 5.82 Å². The third kappa shape index (κ3) is 3.50. The Labute approximate surface area is 206 Å². The summed E-state index contributed by atoms with van der Waals surface area (Å²) in [5.74, 6) is -0.177. The molecule has 8 heteroatoms. The molecule has 36 heavy (non-hydrogen) atoms. The molecule has 5 aromatic rings. The van der Waals surface area contributed by atoms with Crippen LogP contribution in [0.3, 0.4) is 0 Å². The molecule has 1 unspecified atom stereocenters. The molecule has 6 rings (SSSR count). The number of methoxy groups -OCH3 is 1. The van der Waals surface area contributed by atoms with Gasteiger partial charge < -0.3 is 19.7 Å². The second-order valence-corrected chi connectivity index (χ2v) is 8.81. The molecule has 0 radical (unpaired) electrons. The first kappa shape index (κ1) is 21.9. The molecule has 3 N–H and O–H groups in total. The van der Waals surface area contributed by atoms with Crippen LogP contribution in [0.1, 0.15) is 33.2 Å². The number of ether oxygens (including phenoxy) is 1. The maximum Gasteiger partial charge on any atom is 0.273 e. The molecule has 0 aliphatic carbocycles. The molecular formula is C28H23FN4O3. The van der Waals surface area contributed by atoms with Gasteiger partial charge in [0.1, 0.15) is 11.5 Å². The van der Waals surface area contributed by atoms with E-state index in [0.29, 0.717) is 35.7 Å². The largest absolute Gasteiger partial charge is 0.504 e. The van der Waals surface area contributed by atoms with Gasteiger partial charge in [-0.1, -0.05) is 24.3 Å². The second-order valence-electron chi connectivity index (χ2n) is 8.81. The van der Waals surface area contributed by atoms with Gasteiger partial charge in [0.2, 0.25) is 0 Å². The lowest BCUT2D eigenvalue weighted by Crippen LogP contribution is -2.31. The summed E-state index contributed by atoms with van der Waals surface area (Å²) in [5.41, 5.74) is 5.37. The summed E-state index contributed by atoms with van der Waals surface area (Å²) < 4.78 is 19.0. The first-order valence-electron chi connectivity index (χ1n) is 11.6. The number of hydrogen-bond acceptors (Lipinski definition) is 4. The van der Waals surface area contributed by atoms with E-state index < -0.39 is 6.04 Å². The molecule has 0 spiro atoms. The number of phenolic OH excluding ortho intramolecular Hbond substituents is 1. The van der Waals surface area contributed by atoms with Gasteiger partial charge in [-0.25, -0.2) is 4.39 Å². The number of H-pyrrole nitrogens is 2. The van der Waals surface area contributed by atoms with Crippen LogP contribution in [0.4, 0.5) is 4.39 Å². The maximum absolute atomic E-state index is 13.6. The highest BCUT2D eigenvalue weighted by molar-refractivity contribution is 6.00. The Morgan fingerprint density at radius 3 is 2.72 bits per heavy atom. The van der Waals surface area contributed by atoms with Crippen LogP contribution in [0.2, 0.25) is 0 Å². The molecule has 1 atom stereocenters. The summed E-state index contributed by atoms with van der Waals surface area (Å²) in [5, 5.41) is 18.6. The number of nitrogens with zero attached hydrogens (tertiary/aromatic N) is 2. The SMILES string of the molecule is COc1cc(C2c3c(-c4ccc(F)cc4)n[nH]c3C(=O)N2CCc2c[nH]c3ccccc23)ccc1O. The zero-order valence-corrected chi connectivity index (χ0v) is 19.5. The van der Waals surface area contributed by atoms with Gasteiger partial charge in [-0.3, -0.25) is 9.89 Å². The Kier molecular flexibility index (Phi) is 5.21. The number of fused-ring (bicyclic) bond motifs is 2. The van der Waals surface area contributed by atoms with Gasteiger partial charge in [0.15, 0.2) is 11.5 Å². The van der Waals surface area contributed by atoms with Crippen molar-refractivity contribution in [3.63, 3.8) is 0 Å². The average molecular weight is 483 g/mol. The third-order valence-corrected chi connectivity index (χ3v) is 6.80. The van der Waals surface area contributed by atoms with Crippen LogP contribution in [-0.4, -0.2) is 44.7 Å². The van der Waals surface area contributed by atoms with E-state index in [-0.39, 0.29) is 17.5 Å². The average Bonchev–Trinajstić information content (AvgIpc) is 3.58. The number of carbonyl (C=O) groups is 1. The van der Waals surface area contributed by atoms with Gasteiger partial charge in [-0.05, 0) is 60.0 Å². The van der Waals surface area contributed by atoms with Crippen molar-refractivity contribution in [2.24, 2.45) is 0 Å². The van der Waals surface area contributed by atoms with Gasteiger partial charge in [0.05, 0.1) is 18.8 Å². The lowest BCUT2D eigenvalue weighted by Gasteiger charge is -2.27. The zero-order valence-electron chi connectivity index (χ0n) is 19.5. The van der Waals surface area contributed by atoms with Crippen molar-refractivity contribution >= 4 is 16.8 Å². The molecule has 1 aliphatic heterocycles. The van der Waals surface area contributed by atoms with Crippen molar-refractivity contribution in [2.45, 2.75) is 12.5 Å². The van der Waals surface area contributed by atoms with E-state index in [9.17, 15) is 14.3 Å². The van der Waals surface area contributed by atoms with E-state index in [4.69, 9.17) is 4.74 Å². The Hall–Kier alpha value is -4.59. The highest BCUT2D eigenvalue weighted by Gasteiger charge is 2.42. The summed E-state index contributed by atoms with van der Waals surface area (Å²) in [6.07, 6.45) is 2.62. The number of hydrogen-bond donors (Lipinski definition) is 3. The Bertz CT molecular complexity index is 1590. The van der Waals surface area contributed by atoms with Crippen LogP contribution in [0.5, 0.6) is 11.5 Å². The fraction of sp³-hybridized carbons (Fsp3) is 0.143. The molecule has 3 heterocycles. The summed E-state index contributed by atoms with van der Waals surface area (Å²) in [4.78, 5) is 18.7. The first-order chi connectivity index (χ1) is 17.5. The molecule has 1 aliphatic rings. The second kappa shape index (κ2) is 8.57. The summed E-state index contributed by atoms with van der Waals surface area (Å²) >= 11 is 0. The van der Waals surface area contributed by atoms with Crippen LogP contribution in [0.15, 0.2) is 72.9 Å². The van der Waals surface area contributed by atoms with Crippen LogP contribution in [-0.2, 0) is 6.42 Å². The topological polar surface area (TPSA) is 94.2 Å². The number of aromatic amines is 2. The number of aromatic nitrogens is 3. The van der Waals surface area contributed by atoms with Crippen molar-refractivity contribution in [1.82, 2.24) is 20.1 Å². The number of benzene rings is 3. The molecule has 0 saturated carbocycles. The highest BCUT2D eigenvalue weighted by atomic mass is 19.1. The number of amides is 1. The van der Waals surface area contributed by atoms with Crippen molar-refractivity contribution < 1.29 is 19.0 Å². The van der Waals surface area contributed by atoms with Gasteiger partial charge >= 0.3 is 0 Å². The van der Waals surface area contributed by atoms with Crippen molar-refractivity contribution in [3.05, 3.63) is 101 Å². The van der Waals surface area contributed by atoms with Crippen molar-refractivity contribution in [2.75, 3.05) is 13.7 Å². The van der Waals surface area contributed by atoms with Gasteiger partial charge in [-0.15, -0.1) is 0 Å². The lowest BCUT2D eigenvalue weighted by atomic mass is 9.95. The Morgan fingerprint density at radius 1 is 1.11 bits per heavy atom. The van der Waals surface area contributed by atoms with E-state index in [0.717, 1.165) is 27.6 Å². The first-order valence-corrected chi connectivity index (χ1v) is 11.6. The van der Waals surface area contributed by atoms with Crippen molar-refractivity contribution in [1.29, 1.82) is 0 Å². The van der Waals surface area contributed by atoms with Crippen LogP contribution >= 0.6 is 0 Å². The predicted octanol–water partition coefficient (Wildman–Crippen LogP) is 5.20. The molecule has 7 nitrogen and oxygen atoms in total. The summed E-state index contributed by atoms with van der Waals surface area (Å²) in [6, 6.07) is 18.7. The number of para-hydroxylation sites is 1. The number of rotatable bonds is 6. The smallest absolute Gasteiger partial charge is 0.273 e. The number of aromatic hydroxyl groups is 1. The lowest BCUT2D eigenvalue weighted by molar-refractivity contribution is 0.0746. The van der Waals surface area contributed by atoms with Crippen molar-refractivity contribution in [3.8, 4) is 22.8 Å². The van der Waals surface area contributed by atoms with Gasteiger partial charge in [0, 0.05) is 34.8 Å². The number of nitrogens with one attached hydrogen (secondary N) is 2. The Balaban J connectivity index is 1.43. The molecule has 3 aromatic carbocycles. The number of halogens is 1. The third-order valence-electron chi connectivity index (χ3n) is 6.80. The van der Waals surface area contributed by atoms with E-state index in [1.54, 1.807) is 30.3 Å². The molecule has 0 saturated heterocycles. The van der Waals surface area contributed by atoms with E-state index >= 15 is 0 Å². The van der Waals surface area contributed by atoms with E-state index in [1.807, 2.05) is 29.3 Å². The minimum atomic E-state index is -0.467. The van der Waals surface area contributed by atoms with E-state index in [1.165, 1.54) is 19.2 Å². The predicted molar refractivity (Wildman–Crippen MR) is 134 cm³/mol. The Morgan fingerprint density at radius 2 is 1.92 bits per heavy atom. The van der Waals surface area contributed by atoms with Crippen LogP contribution in [0.25, 0.3) is 22.2 Å². The standard InChI is InChI=1S/C28H23FN4O3/c1-36-23-14-17(8-11-22(23)34)27-24-25(16-6-9-19(29)10-7-16)31-32-26(24)28(35)33(27)13-12-18-15-30-21-5-3-2-4-20(18)21/h2-11,14-15,27,30,34H,12-13H2,1H3,(H,31,32). The molecule has 2 aromatic heterocycles. The van der Waals surface area contributed by atoms with E-state index in [2.05, 4.69) is 21.2 Å². The zero-order chi connectivity index (χ0) is 24.8. The van der Waals surface area contributed by atoms with Crippen LogP contribution < -0.4 is 4.74 Å². The fourth-order valence-corrected chi connectivity index (χ4v) is 5.05.